The number of nitrogens with zero attached hydrogens (tertiary/aromatic N) is 2. The van der Waals surface area contributed by atoms with Crippen LogP contribution in [0.5, 0.6) is 0 Å². The van der Waals surface area contributed by atoms with E-state index in [1.54, 1.807) is 4.90 Å². The van der Waals surface area contributed by atoms with Crippen molar-refractivity contribution in [2.24, 2.45) is 0 Å². The van der Waals surface area contributed by atoms with Gasteiger partial charge in [0.1, 0.15) is 0 Å². The second-order valence-electron chi connectivity index (χ2n) is 7.22. The summed E-state index contributed by atoms with van der Waals surface area (Å²) in [6.07, 6.45) is 0.369. The molecular weight excluding hydrogens is 350 g/mol. The molecule has 1 N–H and O–H groups in total. The topological polar surface area (TPSA) is 62.3 Å². The average molecular weight is 373 g/mol. The molecule has 5 nitrogen and oxygen atoms in total. The van der Waals surface area contributed by atoms with Crippen LogP contribution in [0.1, 0.15) is 29.4 Å². The van der Waals surface area contributed by atoms with E-state index in [1.807, 2.05) is 68.4 Å². The molecule has 1 saturated heterocycles. The zero-order valence-electron chi connectivity index (χ0n) is 16.1. The molecule has 1 unspecified atom stereocenters. The number of likely N-dealkylation sites (N-methyl/N-ethyl adjacent to an activating group) is 1. The Kier molecular flexibility index (Phi) is 4.82. The Hall–Kier alpha value is -3.21. The first kappa shape index (κ1) is 18.2. The second kappa shape index (κ2) is 7.43. The maximum Gasteiger partial charge on any atom is 0.251 e. The van der Waals surface area contributed by atoms with Crippen LogP contribution in [0.2, 0.25) is 0 Å². The van der Waals surface area contributed by atoms with E-state index < -0.39 is 0 Å². The number of aromatic nitrogens is 1. The van der Waals surface area contributed by atoms with Crippen LogP contribution in [0.3, 0.4) is 0 Å². The van der Waals surface area contributed by atoms with Gasteiger partial charge in [0.2, 0.25) is 5.91 Å². The van der Waals surface area contributed by atoms with E-state index in [1.165, 1.54) is 0 Å². The predicted molar refractivity (Wildman–Crippen MR) is 110 cm³/mol. The van der Waals surface area contributed by atoms with Crippen molar-refractivity contribution in [3.8, 4) is 11.1 Å². The summed E-state index contributed by atoms with van der Waals surface area (Å²) in [5.41, 5.74) is 4.51. The van der Waals surface area contributed by atoms with Crippen LogP contribution in [-0.2, 0) is 4.79 Å². The SMILES string of the molecule is CCN1CC(NC(=O)c2cccc(-c3cc(C)nc4ccccc34)c2)CC1=O. The van der Waals surface area contributed by atoms with Crippen molar-refractivity contribution in [3.63, 3.8) is 0 Å². The van der Waals surface area contributed by atoms with E-state index in [4.69, 9.17) is 0 Å². The highest BCUT2D eigenvalue weighted by Gasteiger charge is 2.29. The molecule has 0 radical (unpaired) electrons. The number of para-hydroxylation sites is 1. The van der Waals surface area contributed by atoms with Crippen LogP contribution >= 0.6 is 0 Å². The number of rotatable bonds is 4. The number of aryl methyl sites for hydroxylation is 1. The van der Waals surface area contributed by atoms with Gasteiger partial charge < -0.3 is 10.2 Å². The molecule has 0 bridgehead atoms. The first-order valence-corrected chi connectivity index (χ1v) is 9.60. The van der Waals surface area contributed by atoms with Crippen molar-refractivity contribution in [2.45, 2.75) is 26.3 Å². The number of amides is 2. The molecule has 28 heavy (non-hydrogen) atoms. The third kappa shape index (κ3) is 3.48. The number of benzene rings is 2. The molecule has 5 heteroatoms. The van der Waals surface area contributed by atoms with Crippen molar-refractivity contribution < 1.29 is 9.59 Å². The van der Waals surface area contributed by atoms with Crippen LogP contribution in [-0.4, -0.2) is 40.8 Å². The number of nitrogens with one attached hydrogen (secondary N) is 1. The van der Waals surface area contributed by atoms with Crippen molar-refractivity contribution in [1.82, 2.24) is 15.2 Å². The largest absolute Gasteiger partial charge is 0.347 e. The Morgan fingerprint density at radius 2 is 2.00 bits per heavy atom. The molecule has 1 aliphatic rings. The van der Waals surface area contributed by atoms with E-state index in [0.717, 1.165) is 27.7 Å². The molecule has 0 spiro atoms. The summed E-state index contributed by atoms with van der Waals surface area (Å²) in [5.74, 6) is -0.0482. The van der Waals surface area contributed by atoms with Crippen LogP contribution in [0, 0.1) is 6.92 Å². The second-order valence-corrected chi connectivity index (χ2v) is 7.22. The molecule has 1 atom stereocenters. The van der Waals surface area contributed by atoms with E-state index >= 15 is 0 Å². The molecule has 4 rings (SSSR count). The fraction of sp³-hybridized carbons (Fsp3) is 0.261. The predicted octanol–water partition coefficient (Wildman–Crippen LogP) is 3.56. The Bertz CT molecular complexity index is 1060. The number of likely N-dealkylation sites (tertiary alicyclic amines) is 1. The molecular formula is C23H23N3O2. The molecule has 142 valence electrons. The minimum Gasteiger partial charge on any atom is -0.347 e. The fourth-order valence-electron chi connectivity index (χ4n) is 3.82. The highest BCUT2D eigenvalue weighted by atomic mass is 16.2. The monoisotopic (exact) mass is 373 g/mol. The maximum absolute atomic E-state index is 12.8. The fourth-order valence-corrected chi connectivity index (χ4v) is 3.82. The van der Waals surface area contributed by atoms with Gasteiger partial charge in [-0.1, -0.05) is 30.3 Å². The number of hydrogen-bond acceptors (Lipinski definition) is 3. The Labute approximate surface area is 164 Å². The zero-order valence-corrected chi connectivity index (χ0v) is 16.1. The third-order valence-electron chi connectivity index (χ3n) is 5.21. The van der Waals surface area contributed by atoms with Crippen molar-refractivity contribution >= 4 is 22.7 Å². The van der Waals surface area contributed by atoms with Gasteiger partial charge in [0, 0.05) is 36.2 Å². The third-order valence-corrected chi connectivity index (χ3v) is 5.21. The molecule has 3 aromatic rings. The van der Waals surface area contributed by atoms with Crippen LogP contribution in [0.25, 0.3) is 22.0 Å². The van der Waals surface area contributed by atoms with Gasteiger partial charge in [0.15, 0.2) is 0 Å². The number of pyridine rings is 1. The highest BCUT2D eigenvalue weighted by molar-refractivity contribution is 5.99. The van der Waals surface area contributed by atoms with Crippen molar-refractivity contribution in [3.05, 3.63) is 65.9 Å². The number of fused-ring (bicyclic) bond motifs is 1. The summed E-state index contributed by atoms with van der Waals surface area (Å²) in [4.78, 5) is 31.0. The lowest BCUT2D eigenvalue weighted by molar-refractivity contribution is -0.127. The summed E-state index contributed by atoms with van der Waals surface area (Å²) in [7, 11) is 0. The molecule has 1 aliphatic heterocycles. The quantitative estimate of drug-likeness (QED) is 0.761. The molecule has 1 aromatic heterocycles. The summed E-state index contributed by atoms with van der Waals surface area (Å²) >= 11 is 0. The maximum atomic E-state index is 12.8. The Morgan fingerprint density at radius 3 is 2.79 bits per heavy atom. The van der Waals surface area contributed by atoms with Gasteiger partial charge in [0.25, 0.3) is 5.91 Å². The highest BCUT2D eigenvalue weighted by Crippen LogP contribution is 2.29. The Morgan fingerprint density at radius 1 is 1.18 bits per heavy atom. The number of carbonyl (C=O) groups excluding carboxylic acids is 2. The van der Waals surface area contributed by atoms with E-state index in [-0.39, 0.29) is 17.9 Å². The van der Waals surface area contributed by atoms with Crippen LogP contribution < -0.4 is 5.32 Å². The molecule has 0 aliphatic carbocycles. The van der Waals surface area contributed by atoms with E-state index in [0.29, 0.717) is 25.1 Å². The number of hydrogen-bond donors (Lipinski definition) is 1. The smallest absolute Gasteiger partial charge is 0.251 e. The van der Waals surface area contributed by atoms with Gasteiger partial charge in [-0.15, -0.1) is 0 Å². The molecule has 2 heterocycles. The average Bonchev–Trinajstić information content (AvgIpc) is 3.06. The summed E-state index contributed by atoms with van der Waals surface area (Å²) < 4.78 is 0. The lowest BCUT2D eigenvalue weighted by Crippen LogP contribution is -2.37. The van der Waals surface area contributed by atoms with Gasteiger partial charge in [-0.2, -0.15) is 0 Å². The summed E-state index contributed by atoms with van der Waals surface area (Å²) in [5, 5.41) is 4.06. The first-order valence-electron chi connectivity index (χ1n) is 9.60. The standard InChI is InChI=1S/C23H23N3O2/c1-3-26-14-18(13-22(26)27)25-23(28)17-8-6-7-16(12-17)20-11-15(2)24-21-10-5-4-9-19(20)21/h4-12,18H,3,13-14H2,1-2H3,(H,25,28). The molecule has 2 aromatic carbocycles. The molecule has 2 amide bonds. The zero-order chi connectivity index (χ0) is 19.7. The Balaban J connectivity index is 1.62. The molecule has 1 fully saturated rings. The van der Waals surface area contributed by atoms with E-state index in [2.05, 4.69) is 10.3 Å². The summed E-state index contributed by atoms with van der Waals surface area (Å²) in [6.45, 7) is 5.18. The van der Waals surface area contributed by atoms with Gasteiger partial charge in [-0.3, -0.25) is 14.6 Å². The van der Waals surface area contributed by atoms with Gasteiger partial charge in [-0.25, -0.2) is 0 Å². The minimum atomic E-state index is -0.146. The van der Waals surface area contributed by atoms with Crippen LogP contribution in [0.15, 0.2) is 54.6 Å². The van der Waals surface area contributed by atoms with E-state index in [9.17, 15) is 9.59 Å². The van der Waals surface area contributed by atoms with Crippen LogP contribution in [0.4, 0.5) is 0 Å². The van der Waals surface area contributed by atoms with Crippen molar-refractivity contribution in [1.29, 1.82) is 0 Å². The van der Waals surface area contributed by atoms with Gasteiger partial charge in [0.05, 0.1) is 11.6 Å². The van der Waals surface area contributed by atoms with Gasteiger partial charge in [-0.05, 0) is 49.2 Å². The first-order chi connectivity index (χ1) is 13.5. The summed E-state index contributed by atoms with van der Waals surface area (Å²) in [6, 6.07) is 17.6. The van der Waals surface area contributed by atoms with Crippen molar-refractivity contribution in [2.75, 3.05) is 13.1 Å². The van der Waals surface area contributed by atoms with Gasteiger partial charge >= 0.3 is 0 Å². The normalized spacial score (nSPS) is 16.6. The number of carbonyl (C=O) groups is 2. The lowest BCUT2D eigenvalue weighted by atomic mass is 9.98. The minimum absolute atomic E-state index is 0.0975. The lowest BCUT2D eigenvalue weighted by Gasteiger charge is -2.15. The molecule has 0 saturated carbocycles.